The Balaban J connectivity index is 3.98. The second-order valence-electron chi connectivity index (χ2n) is 2.57. The Morgan fingerprint density at radius 1 is 1.38 bits per heavy atom. The van der Waals surface area contributed by atoms with Gasteiger partial charge in [0.05, 0.1) is 0 Å². The molecule has 0 heterocycles. The molecule has 4 nitrogen and oxygen atoms in total. The number of halogens is 1. The molecular formula is C8H15ClN2O2. The van der Waals surface area contributed by atoms with Crippen molar-refractivity contribution in [2.24, 2.45) is 0 Å². The highest BCUT2D eigenvalue weighted by molar-refractivity contribution is 6.28. The fraction of sp³-hybridized carbons (Fsp3) is 0.750. The summed E-state index contributed by atoms with van der Waals surface area (Å²) >= 11 is 5.24. The van der Waals surface area contributed by atoms with Crippen LogP contribution in [-0.4, -0.2) is 35.8 Å². The van der Waals surface area contributed by atoms with Gasteiger partial charge in [0.2, 0.25) is 5.91 Å². The molecule has 0 bridgehead atoms. The Labute approximate surface area is 83.2 Å². The first kappa shape index (κ1) is 12.2. The first-order valence-corrected chi connectivity index (χ1v) is 4.83. The van der Waals surface area contributed by atoms with E-state index < -0.39 is 5.91 Å². The van der Waals surface area contributed by atoms with Crippen LogP contribution in [0, 0.1) is 0 Å². The van der Waals surface area contributed by atoms with Gasteiger partial charge in [0.25, 0.3) is 0 Å². The van der Waals surface area contributed by atoms with Gasteiger partial charge in [-0.05, 0) is 13.3 Å². The molecule has 0 atom stereocenters. The number of amides is 3. The third kappa shape index (κ3) is 4.72. The maximum absolute atomic E-state index is 11.3. The van der Waals surface area contributed by atoms with Gasteiger partial charge >= 0.3 is 6.03 Å². The number of alkyl halides is 1. The van der Waals surface area contributed by atoms with Gasteiger partial charge in [-0.1, -0.05) is 6.92 Å². The van der Waals surface area contributed by atoms with E-state index in [0.717, 1.165) is 6.42 Å². The molecule has 0 aromatic carbocycles. The number of urea groups is 1. The van der Waals surface area contributed by atoms with E-state index in [1.54, 1.807) is 4.90 Å². The predicted octanol–water partition coefficient (Wildman–Crippen LogP) is 1.19. The summed E-state index contributed by atoms with van der Waals surface area (Å²) in [6, 6.07) is -0.366. The summed E-state index contributed by atoms with van der Waals surface area (Å²) in [5.74, 6) is -0.642. The second kappa shape index (κ2) is 6.71. The lowest BCUT2D eigenvalue weighted by Gasteiger charge is -2.19. The van der Waals surface area contributed by atoms with Crippen LogP contribution < -0.4 is 5.32 Å². The fourth-order valence-electron chi connectivity index (χ4n) is 0.905. The molecule has 1 N–H and O–H groups in total. The summed E-state index contributed by atoms with van der Waals surface area (Å²) in [6.07, 6.45) is 0.871. The van der Waals surface area contributed by atoms with Crippen molar-refractivity contribution in [2.75, 3.05) is 19.0 Å². The molecule has 0 aliphatic heterocycles. The van der Waals surface area contributed by atoms with E-state index in [1.807, 2.05) is 13.8 Å². The average molecular weight is 207 g/mol. The van der Waals surface area contributed by atoms with Crippen molar-refractivity contribution < 1.29 is 9.59 Å². The highest BCUT2D eigenvalue weighted by Gasteiger charge is 2.12. The summed E-state index contributed by atoms with van der Waals surface area (Å²) in [7, 11) is 0. The first-order chi connectivity index (χ1) is 6.15. The zero-order valence-electron chi connectivity index (χ0n) is 7.97. The molecule has 76 valence electrons. The molecule has 0 fully saturated rings. The number of carbonyl (C=O) groups excluding carboxylic acids is 2. The van der Waals surface area contributed by atoms with E-state index in [2.05, 4.69) is 5.32 Å². The predicted molar refractivity (Wildman–Crippen MR) is 51.8 cm³/mol. The van der Waals surface area contributed by atoms with Gasteiger partial charge in [-0.3, -0.25) is 10.1 Å². The Morgan fingerprint density at radius 2 is 2.00 bits per heavy atom. The third-order valence-corrected chi connectivity index (χ3v) is 1.77. The van der Waals surface area contributed by atoms with Crippen LogP contribution in [0.2, 0.25) is 0 Å². The number of rotatable bonds is 4. The van der Waals surface area contributed by atoms with E-state index in [-0.39, 0.29) is 11.9 Å². The molecule has 0 aliphatic carbocycles. The molecule has 5 heteroatoms. The van der Waals surface area contributed by atoms with Gasteiger partial charge < -0.3 is 4.90 Å². The topological polar surface area (TPSA) is 49.4 Å². The van der Waals surface area contributed by atoms with Crippen molar-refractivity contribution in [1.29, 1.82) is 0 Å². The molecule has 0 saturated heterocycles. The summed E-state index contributed by atoms with van der Waals surface area (Å²) in [5.41, 5.74) is 0. The number of imide groups is 1. The van der Waals surface area contributed by atoms with Crippen LogP contribution in [0.3, 0.4) is 0 Å². The number of hydrogen-bond acceptors (Lipinski definition) is 2. The van der Waals surface area contributed by atoms with Gasteiger partial charge in [0.15, 0.2) is 0 Å². The zero-order valence-corrected chi connectivity index (χ0v) is 8.73. The maximum Gasteiger partial charge on any atom is 0.324 e. The first-order valence-electron chi connectivity index (χ1n) is 4.30. The van der Waals surface area contributed by atoms with E-state index in [9.17, 15) is 9.59 Å². The lowest BCUT2D eigenvalue weighted by molar-refractivity contribution is -0.117. The van der Waals surface area contributed by atoms with Crippen molar-refractivity contribution in [2.45, 2.75) is 20.3 Å². The average Bonchev–Trinajstić information content (AvgIpc) is 2.13. The van der Waals surface area contributed by atoms with Gasteiger partial charge in [-0.2, -0.15) is 0 Å². The lowest BCUT2D eigenvalue weighted by Crippen LogP contribution is -2.43. The van der Waals surface area contributed by atoms with Gasteiger partial charge in [-0.15, -0.1) is 11.6 Å². The molecular weight excluding hydrogens is 192 g/mol. The Hall–Kier alpha value is -0.770. The summed E-state index contributed by atoms with van der Waals surface area (Å²) in [5, 5.41) is 2.18. The number of carbonyl (C=O) groups is 2. The van der Waals surface area contributed by atoms with E-state index in [1.165, 1.54) is 0 Å². The van der Waals surface area contributed by atoms with Crippen molar-refractivity contribution in [1.82, 2.24) is 10.2 Å². The SMILES string of the molecule is CCCN(CC)C(=O)NC(=O)CCl. The van der Waals surface area contributed by atoms with Gasteiger partial charge in [-0.25, -0.2) is 4.79 Å². The minimum atomic E-state index is -0.457. The molecule has 0 aliphatic rings. The van der Waals surface area contributed by atoms with Gasteiger partial charge in [0, 0.05) is 13.1 Å². The van der Waals surface area contributed by atoms with Crippen LogP contribution in [0.5, 0.6) is 0 Å². The van der Waals surface area contributed by atoms with E-state index in [4.69, 9.17) is 11.6 Å². The molecule has 3 amide bonds. The number of nitrogens with zero attached hydrogens (tertiary/aromatic N) is 1. The van der Waals surface area contributed by atoms with Crippen LogP contribution >= 0.6 is 11.6 Å². The van der Waals surface area contributed by atoms with Crippen LogP contribution in [0.25, 0.3) is 0 Å². The van der Waals surface area contributed by atoms with Crippen LogP contribution in [0.1, 0.15) is 20.3 Å². The van der Waals surface area contributed by atoms with Crippen LogP contribution in [0.4, 0.5) is 4.79 Å². The normalized spacial score (nSPS) is 9.46. The van der Waals surface area contributed by atoms with Crippen molar-refractivity contribution in [3.05, 3.63) is 0 Å². The Morgan fingerprint density at radius 3 is 2.38 bits per heavy atom. The zero-order chi connectivity index (χ0) is 10.3. The van der Waals surface area contributed by atoms with Crippen LogP contribution in [-0.2, 0) is 4.79 Å². The minimum absolute atomic E-state index is 0.185. The van der Waals surface area contributed by atoms with Crippen molar-refractivity contribution in [3.8, 4) is 0 Å². The highest BCUT2D eigenvalue weighted by atomic mass is 35.5. The van der Waals surface area contributed by atoms with Crippen molar-refractivity contribution >= 4 is 23.5 Å². The fourth-order valence-corrected chi connectivity index (χ4v) is 0.972. The molecule has 13 heavy (non-hydrogen) atoms. The Bertz CT molecular complexity index is 185. The minimum Gasteiger partial charge on any atom is -0.325 e. The molecule has 0 spiro atoms. The van der Waals surface area contributed by atoms with Crippen molar-refractivity contribution in [3.63, 3.8) is 0 Å². The third-order valence-electron chi connectivity index (χ3n) is 1.53. The smallest absolute Gasteiger partial charge is 0.324 e. The monoisotopic (exact) mass is 206 g/mol. The molecule has 0 radical (unpaired) electrons. The molecule has 0 unspecified atom stereocenters. The van der Waals surface area contributed by atoms with E-state index in [0.29, 0.717) is 13.1 Å². The standard InChI is InChI=1S/C8H15ClN2O2/c1-3-5-11(4-2)8(13)10-7(12)6-9/h3-6H2,1-2H3,(H,10,12,13). The van der Waals surface area contributed by atoms with Gasteiger partial charge in [0.1, 0.15) is 5.88 Å². The number of nitrogens with one attached hydrogen (secondary N) is 1. The molecule has 0 saturated carbocycles. The molecule has 0 aromatic heterocycles. The molecule has 0 rings (SSSR count). The number of hydrogen-bond donors (Lipinski definition) is 1. The van der Waals surface area contributed by atoms with Crippen LogP contribution in [0.15, 0.2) is 0 Å². The Kier molecular flexibility index (Phi) is 6.32. The van der Waals surface area contributed by atoms with E-state index >= 15 is 0 Å². The summed E-state index contributed by atoms with van der Waals surface area (Å²) in [4.78, 5) is 23.6. The summed E-state index contributed by atoms with van der Waals surface area (Å²) in [6.45, 7) is 5.08. The quantitative estimate of drug-likeness (QED) is 0.703. The molecule has 0 aromatic rings. The lowest BCUT2D eigenvalue weighted by atomic mass is 10.4. The largest absolute Gasteiger partial charge is 0.325 e. The highest BCUT2D eigenvalue weighted by Crippen LogP contribution is 1.91. The maximum atomic E-state index is 11.3. The summed E-state index contributed by atoms with van der Waals surface area (Å²) < 4.78 is 0. The second-order valence-corrected chi connectivity index (χ2v) is 2.83.